The molecule has 0 spiro atoms. The molecule has 2 heterocycles. The van der Waals surface area contributed by atoms with Gasteiger partial charge in [0.25, 0.3) is 5.89 Å². The quantitative estimate of drug-likeness (QED) is 0.663. The molecule has 0 unspecified atom stereocenters. The Balaban J connectivity index is 1.61. The van der Waals surface area contributed by atoms with Crippen LogP contribution in [0.2, 0.25) is 0 Å². The first kappa shape index (κ1) is 16.1. The molecule has 1 aromatic carbocycles. The van der Waals surface area contributed by atoms with E-state index >= 15 is 0 Å². The van der Waals surface area contributed by atoms with Crippen molar-refractivity contribution in [2.45, 2.75) is 32.9 Å². The third-order valence-corrected chi connectivity index (χ3v) is 3.49. The molecule has 0 N–H and O–H groups in total. The third-order valence-electron chi connectivity index (χ3n) is 3.49. The lowest BCUT2D eigenvalue weighted by Crippen LogP contribution is -2.02. The number of ether oxygens (including phenoxy) is 1. The number of hydrogen-bond acceptors (Lipinski definition) is 5. The lowest BCUT2D eigenvalue weighted by Gasteiger charge is -2.05. The van der Waals surface area contributed by atoms with Crippen molar-refractivity contribution in [2.75, 3.05) is 0 Å². The van der Waals surface area contributed by atoms with Crippen LogP contribution in [0.25, 0.3) is 11.6 Å². The minimum Gasteiger partial charge on any atom is -0.435 e. The highest BCUT2D eigenvalue weighted by Crippen LogP contribution is 2.18. The van der Waals surface area contributed by atoms with Gasteiger partial charge in [-0.15, -0.1) is 0 Å². The van der Waals surface area contributed by atoms with Crippen molar-refractivity contribution in [3.05, 3.63) is 47.9 Å². The van der Waals surface area contributed by atoms with Crippen LogP contribution in [0.4, 0.5) is 8.78 Å². The number of benzene rings is 1. The van der Waals surface area contributed by atoms with Gasteiger partial charge in [-0.05, 0) is 37.1 Å². The Labute approximate surface area is 137 Å². The van der Waals surface area contributed by atoms with Crippen molar-refractivity contribution in [1.29, 1.82) is 0 Å². The Kier molecular flexibility index (Phi) is 4.83. The van der Waals surface area contributed by atoms with Crippen molar-refractivity contribution in [2.24, 2.45) is 0 Å². The van der Waals surface area contributed by atoms with E-state index in [1.165, 1.54) is 12.1 Å². The topological polar surface area (TPSA) is 66.0 Å². The molecule has 24 heavy (non-hydrogen) atoms. The second-order valence-electron chi connectivity index (χ2n) is 5.07. The summed E-state index contributed by atoms with van der Waals surface area (Å²) < 4.78 is 35.6. The number of alkyl halides is 2. The summed E-state index contributed by atoms with van der Waals surface area (Å²) in [5, 5.41) is 8.13. The van der Waals surface area contributed by atoms with Gasteiger partial charge < -0.3 is 9.26 Å². The molecular weight excluding hydrogens is 318 g/mol. The minimum atomic E-state index is -2.81. The molecule has 126 valence electrons. The Bertz CT molecular complexity index is 783. The summed E-state index contributed by atoms with van der Waals surface area (Å²) in [6.07, 6.45) is 2.94. The highest BCUT2D eigenvalue weighted by molar-refractivity contribution is 5.46. The van der Waals surface area contributed by atoms with Crippen LogP contribution >= 0.6 is 0 Å². The largest absolute Gasteiger partial charge is 0.435 e. The van der Waals surface area contributed by atoms with E-state index in [9.17, 15) is 8.78 Å². The number of aryl methyl sites for hydroxylation is 3. The average molecular weight is 334 g/mol. The van der Waals surface area contributed by atoms with E-state index in [4.69, 9.17) is 4.52 Å². The van der Waals surface area contributed by atoms with Gasteiger partial charge in [0, 0.05) is 19.2 Å². The molecule has 0 bridgehead atoms. The predicted octanol–water partition coefficient (Wildman–Crippen LogP) is 3.34. The molecule has 0 aliphatic heterocycles. The first-order valence-corrected chi connectivity index (χ1v) is 7.54. The van der Waals surface area contributed by atoms with Gasteiger partial charge in [-0.25, -0.2) is 0 Å². The Hall–Kier alpha value is -2.77. The number of nitrogens with zero attached hydrogens (tertiary/aromatic N) is 4. The number of halogens is 2. The van der Waals surface area contributed by atoms with Gasteiger partial charge in [0.2, 0.25) is 0 Å². The minimum absolute atomic E-state index is 0.142. The van der Waals surface area contributed by atoms with E-state index in [-0.39, 0.29) is 5.75 Å². The molecule has 3 rings (SSSR count). The molecule has 0 atom stereocenters. The fourth-order valence-electron chi connectivity index (χ4n) is 2.32. The maximum absolute atomic E-state index is 12.1. The van der Waals surface area contributed by atoms with Gasteiger partial charge in [0.05, 0.1) is 0 Å². The van der Waals surface area contributed by atoms with E-state index in [1.807, 2.05) is 13.0 Å². The normalized spacial score (nSPS) is 11.2. The van der Waals surface area contributed by atoms with Crippen LogP contribution < -0.4 is 4.74 Å². The van der Waals surface area contributed by atoms with E-state index in [0.29, 0.717) is 31.1 Å². The molecule has 0 fully saturated rings. The third kappa shape index (κ3) is 3.76. The van der Waals surface area contributed by atoms with Gasteiger partial charge in [-0.2, -0.15) is 18.9 Å². The molecule has 0 aliphatic rings. The molecule has 8 heteroatoms. The lowest BCUT2D eigenvalue weighted by molar-refractivity contribution is -0.0498. The summed E-state index contributed by atoms with van der Waals surface area (Å²) >= 11 is 0. The predicted molar refractivity (Wildman–Crippen MR) is 81.7 cm³/mol. The van der Waals surface area contributed by atoms with Crippen molar-refractivity contribution in [3.63, 3.8) is 0 Å². The van der Waals surface area contributed by atoms with Crippen LogP contribution in [0.1, 0.15) is 18.3 Å². The Morgan fingerprint density at radius 1 is 1.17 bits per heavy atom. The zero-order chi connectivity index (χ0) is 16.9. The van der Waals surface area contributed by atoms with Crippen LogP contribution in [0.15, 0.2) is 41.1 Å². The van der Waals surface area contributed by atoms with Crippen LogP contribution in [0, 0.1) is 0 Å². The Morgan fingerprint density at radius 2 is 1.96 bits per heavy atom. The van der Waals surface area contributed by atoms with Gasteiger partial charge in [-0.3, -0.25) is 4.68 Å². The summed E-state index contributed by atoms with van der Waals surface area (Å²) in [5.41, 5.74) is 1.76. The Morgan fingerprint density at radius 3 is 2.67 bits per heavy atom. The fraction of sp³-hybridized carbons (Fsp3) is 0.312. The zero-order valence-corrected chi connectivity index (χ0v) is 13.0. The van der Waals surface area contributed by atoms with Crippen LogP contribution in [-0.4, -0.2) is 26.5 Å². The van der Waals surface area contributed by atoms with Gasteiger partial charge in [-0.1, -0.05) is 17.3 Å². The summed E-state index contributed by atoms with van der Waals surface area (Å²) in [4.78, 5) is 4.37. The van der Waals surface area contributed by atoms with E-state index in [2.05, 4.69) is 20.0 Å². The number of aromatic nitrogens is 4. The number of hydrogen-bond donors (Lipinski definition) is 0. The van der Waals surface area contributed by atoms with Crippen molar-refractivity contribution in [1.82, 2.24) is 19.9 Å². The van der Waals surface area contributed by atoms with Crippen LogP contribution in [0.3, 0.4) is 0 Å². The average Bonchev–Trinajstić information content (AvgIpc) is 3.22. The highest BCUT2D eigenvalue weighted by atomic mass is 19.3. The van der Waals surface area contributed by atoms with Crippen LogP contribution in [0.5, 0.6) is 5.75 Å². The fourth-order valence-corrected chi connectivity index (χ4v) is 2.32. The molecular formula is C16H16F2N4O2. The first-order chi connectivity index (χ1) is 11.7. The SMILES string of the molecule is CCn1nccc1-c1nc(CCc2ccc(OC(F)F)cc2)no1. The molecule has 0 radical (unpaired) electrons. The molecule has 3 aromatic rings. The molecule has 0 aliphatic carbocycles. The molecule has 0 saturated heterocycles. The second-order valence-corrected chi connectivity index (χ2v) is 5.07. The summed E-state index contributed by atoms with van der Waals surface area (Å²) in [6.45, 7) is -0.118. The lowest BCUT2D eigenvalue weighted by atomic mass is 10.1. The summed E-state index contributed by atoms with van der Waals surface area (Å²) in [6, 6.07) is 8.34. The summed E-state index contributed by atoms with van der Waals surface area (Å²) in [5.74, 6) is 1.16. The maximum Gasteiger partial charge on any atom is 0.387 e. The first-order valence-electron chi connectivity index (χ1n) is 7.54. The molecule has 2 aromatic heterocycles. The molecule has 0 saturated carbocycles. The van der Waals surface area contributed by atoms with Gasteiger partial charge >= 0.3 is 6.61 Å². The second kappa shape index (κ2) is 7.20. The smallest absolute Gasteiger partial charge is 0.387 e. The standard InChI is InChI=1S/C16H16F2N4O2/c1-2-22-13(9-10-19-22)15-20-14(21-24-15)8-5-11-3-6-12(7-4-11)23-16(17)18/h3-4,6-7,9-10,16H,2,5,8H2,1H3. The number of rotatable bonds is 7. The maximum atomic E-state index is 12.1. The van der Waals surface area contributed by atoms with E-state index in [0.717, 1.165) is 11.3 Å². The van der Waals surface area contributed by atoms with E-state index in [1.54, 1.807) is 23.0 Å². The highest BCUT2D eigenvalue weighted by Gasteiger charge is 2.13. The zero-order valence-electron chi connectivity index (χ0n) is 13.0. The van der Waals surface area contributed by atoms with Crippen molar-refractivity contribution in [3.8, 4) is 17.3 Å². The van der Waals surface area contributed by atoms with Crippen LogP contribution in [-0.2, 0) is 19.4 Å². The van der Waals surface area contributed by atoms with Gasteiger partial charge in [0.1, 0.15) is 11.4 Å². The van der Waals surface area contributed by atoms with Gasteiger partial charge in [0.15, 0.2) is 5.82 Å². The summed E-state index contributed by atoms with van der Waals surface area (Å²) in [7, 11) is 0. The molecule has 6 nitrogen and oxygen atoms in total. The molecule has 0 amide bonds. The van der Waals surface area contributed by atoms with Crippen molar-refractivity contribution < 1.29 is 18.0 Å². The monoisotopic (exact) mass is 334 g/mol. The van der Waals surface area contributed by atoms with E-state index < -0.39 is 6.61 Å². The van der Waals surface area contributed by atoms with Crippen molar-refractivity contribution >= 4 is 0 Å².